The number of rotatable bonds is 11. The maximum atomic E-state index is 13.6. The van der Waals surface area contributed by atoms with Gasteiger partial charge in [-0.1, -0.05) is 19.1 Å². The molecule has 12 nitrogen and oxygen atoms in total. The van der Waals surface area contributed by atoms with E-state index in [1.165, 1.54) is 24.3 Å². The molecular weight excluding hydrogens is 460 g/mol. The summed E-state index contributed by atoms with van der Waals surface area (Å²) in [5, 5.41) is 14.7. The number of phenolic OH excluding ortho intramolecular Hbond substituents is 1. The van der Waals surface area contributed by atoms with Crippen LogP contribution in [0.3, 0.4) is 0 Å². The lowest BCUT2D eigenvalue weighted by Gasteiger charge is -2.34. The third kappa shape index (κ3) is 9.90. The number of nitrogens with zero attached hydrogens (tertiary/aromatic N) is 1. The minimum atomic E-state index is -1.43. The van der Waals surface area contributed by atoms with Crippen molar-refractivity contribution in [2.45, 2.75) is 58.2 Å². The van der Waals surface area contributed by atoms with Crippen molar-refractivity contribution in [3.63, 3.8) is 0 Å². The van der Waals surface area contributed by atoms with Crippen molar-refractivity contribution in [2.75, 3.05) is 20.2 Å². The predicted octanol–water partition coefficient (Wildman–Crippen LogP) is 0.730. The van der Waals surface area contributed by atoms with E-state index in [1.807, 2.05) is 0 Å². The number of benzene rings is 1. The molecule has 0 spiro atoms. The average Bonchev–Trinajstić information content (AvgIpc) is 2.74. The van der Waals surface area contributed by atoms with E-state index < -0.39 is 60.4 Å². The molecule has 12 heteroatoms. The number of carbonyl (C=O) groups excluding carboxylic acids is 5. The molecular formula is C23H34N4O8. The second-order valence-corrected chi connectivity index (χ2v) is 8.69. The van der Waals surface area contributed by atoms with Crippen molar-refractivity contribution in [1.29, 1.82) is 0 Å². The summed E-state index contributed by atoms with van der Waals surface area (Å²) in [6.45, 7) is 6.23. The molecule has 1 rings (SSSR count). The molecule has 35 heavy (non-hydrogen) atoms. The Morgan fingerprint density at radius 1 is 1.17 bits per heavy atom. The van der Waals surface area contributed by atoms with Crippen molar-refractivity contribution >= 4 is 29.8 Å². The Labute approximate surface area is 204 Å². The van der Waals surface area contributed by atoms with E-state index in [0.717, 1.165) is 12.0 Å². The summed E-state index contributed by atoms with van der Waals surface area (Å²) in [4.78, 5) is 63.5. The van der Waals surface area contributed by atoms with Crippen molar-refractivity contribution < 1.29 is 38.6 Å². The Kier molecular flexibility index (Phi) is 11.0. The van der Waals surface area contributed by atoms with Crippen LogP contribution >= 0.6 is 0 Å². The Hall–Kier alpha value is -3.83. The van der Waals surface area contributed by atoms with E-state index in [9.17, 15) is 29.1 Å². The lowest BCUT2D eigenvalue weighted by molar-refractivity contribution is -0.145. The van der Waals surface area contributed by atoms with Crippen LogP contribution in [0, 0.1) is 0 Å². The highest BCUT2D eigenvalue weighted by atomic mass is 16.6. The summed E-state index contributed by atoms with van der Waals surface area (Å²) < 4.78 is 9.73. The zero-order valence-corrected chi connectivity index (χ0v) is 20.6. The first-order valence-corrected chi connectivity index (χ1v) is 11.0. The van der Waals surface area contributed by atoms with E-state index in [1.54, 1.807) is 27.7 Å². The monoisotopic (exact) mass is 494 g/mol. The SMILES string of the molecule is CCCN(C(=O)C(CC(N)=O)NC(=O)OC(C)(C)C)C(C(=O)NCC(=O)OC)c1cccc(O)c1. The van der Waals surface area contributed by atoms with E-state index in [0.29, 0.717) is 6.42 Å². The molecule has 194 valence electrons. The molecule has 0 aliphatic rings. The minimum Gasteiger partial charge on any atom is -0.508 e. The van der Waals surface area contributed by atoms with Gasteiger partial charge in [0.1, 0.15) is 30.0 Å². The summed E-state index contributed by atoms with van der Waals surface area (Å²) in [5.74, 6) is -3.24. The highest BCUT2D eigenvalue weighted by Crippen LogP contribution is 2.26. The minimum absolute atomic E-state index is 0.0378. The number of nitrogens with two attached hydrogens (primary N) is 1. The first kappa shape index (κ1) is 29.2. The molecule has 0 radical (unpaired) electrons. The molecule has 1 aromatic rings. The molecule has 0 aliphatic heterocycles. The molecule has 0 aliphatic carbocycles. The molecule has 0 saturated heterocycles. The number of primary amides is 1. The van der Waals surface area contributed by atoms with Crippen molar-refractivity contribution in [1.82, 2.24) is 15.5 Å². The summed E-state index contributed by atoms with van der Waals surface area (Å²) in [6.07, 6.45) is -1.09. The van der Waals surface area contributed by atoms with Gasteiger partial charge in [0.05, 0.1) is 13.5 Å². The standard InChI is InChI=1S/C23H34N4O8/c1-6-10-27(21(32)16(12-17(24)29)26-22(33)35-23(2,3)4)19(14-8-7-9-15(28)11-14)20(31)25-13-18(30)34-5/h7-9,11,16,19,28H,6,10,12-13H2,1-5H3,(H2,24,29)(H,25,31)(H,26,33). The molecule has 0 saturated carbocycles. The largest absolute Gasteiger partial charge is 0.508 e. The van der Waals surface area contributed by atoms with E-state index in [4.69, 9.17) is 10.5 Å². The van der Waals surface area contributed by atoms with Crippen LogP contribution in [0.2, 0.25) is 0 Å². The lowest BCUT2D eigenvalue weighted by atomic mass is 10.0. The number of hydrogen-bond acceptors (Lipinski definition) is 8. The Bertz CT molecular complexity index is 928. The average molecular weight is 495 g/mol. The van der Waals surface area contributed by atoms with Gasteiger partial charge in [-0.15, -0.1) is 0 Å². The van der Waals surface area contributed by atoms with Crippen LogP contribution in [0.4, 0.5) is 4.79 Å². The summed E-state index contributed by atoms with van der Waals surface area (Å²) in [5.41, 5.74) is 4.68. The van der Waals surface area contributed by atoms with Gasteiger partial charge in [0, 0.05) is 6.54 Å². The molecule has 1 aromatic carbocycles. The van der Waals surface area contributed by atoms with Gasteiger partial charge in [0.25, 0.3) is 0 Å². The molecule has 0 aromatic heterocycles. The second kappa shape index (κ2) is 13.2. The number of nitrogens with one attached hydrogen (secondary N) is 2. The molecule has 2 unspecified atom stereocenters. The smallest absolute Gasteiger partial charge is 0.408 e. The van der Waals surface area contributed by atoms with Crippen LogP contribution in [0.25, 0.3) is 0 Å². The number of aromatic hydroxyl groups is 1. The van der Waals surface area contributed by atoms with Crippen LogP contribution < -0.4 is 16.4 Å². The highest BCUT2D eigenvalue weighted by molar-refractivity contribution is 5.95. The summed E-state index contributed by atoms with van der Waals surface area (Å²) in [6, 6.07) is 2.95. The number of hydrogen-bond donors (Lipinski definition) is 4. The van der Waals surface area contributed by atoms with Crippen molar-refractivity contribution in [3.05, 3.63) is 29.8 Å². The van der Waals surface area contributed by atoms with Crippen LogP contribution in [0.1, 0.15) is 52.1 Å². The second-order valence-electron chi connectivity index (χ2n) is 8.69. The first-order valence-electron chi connectivity index (χ1n) is 11.0. The van der Waals surface area contributed by atoms with Crippen LogP contribution in [0.5, 0.6) is 5.75 Å². The molecule has 0 bridgehead atoms. The summed E-state index contributed by atoms with van der Waals surface area (Å²) in [7, 11) is 1.16. The number of carbonyl (C=O) groups is 5. The quantitative estimate of drug-likeness (QED) is 0.325. The van der Waals surface area contributed by atoms with Crippen LogP contribution in [0.15, 0.2) is 24.3 Å². The number of ether oxygens (including phenoxy) is 2. The van der Waals surface area contributed by atoms with Gasteiger partial charge >= 0.3 is 12.1 Å². The number of amides is 4. The van der Waals surface area contributed by atoms with Crippen LogP contribution in [-0.2, 0) is 28.7 Å². The van der Waals surface area contributed by atoms with E-state index in [-0.39, 0.29) is 17.9 Å². The molecule has 4 amide bonds. The lowest BCUT2D eigenvalue weighted by Crippen LogP contribution is -2.54. The van der Waals surface area contributed by atoms with Gasteiger partial charge in [-0.2, -0.15) is 0 Å². The van der Waals surface area contributed by atoms with E-state index in [2.05, 4.69) is 15.4 Å². The maximum Gasteiger partial charge on any atom is 0.408 e. The Balaban J connectivity index is 3.41. The number of phenols is 1. The molecule has 0 heterocycles. The molecule has 0 fully saturated rings. The van der Waals surface area contributed by atoms with Crippen LogP contribution in [-0.4, -0.2) is 71.6 Å². The van der Waals surface area contributed by atoms with Gasteiger partial charge in [-0.05, 0) is 44.9 Å². The van der Waals surface area contributed by atoms with Gasteiger partial charge in [0.2, 0.25) is 17.7 Å². The zero-order chi connectivity index (χ0) is 26.8. The van der Waals surface area contributed by atoms with Crippen molar-refractivity contribution in [3.8, 4) is 5.75 Å². The van der Waals surface area contributed by atoms with Gasteiger partial charge in [0.15, 0.2) is 0 Å². The number of esters is 1. The maximum absolute atomic E-state index is 13.6. The first-order chi connectivity index (χ1) is 16.3. The third-order valence-electron chi connectivity index (χ3n) is 4.52. The van der Waals surface area contributed by atoms with Crippen molar-refractivity contribution in [2.24, 2.45) is 5.73 Å². The highest BCUT2D eigenvalue weighted by Gasteiger charge is 2.36. The van der Waals surface area contributed by atoms with Gasteiger partial charge in [-0.25, -0.2) is 4.79 Å². The van der Waals surface area contributed by atoms with Gasteiger partial charge < -0.3 is 35.8 Å². The van der Waals surface area contributed by atoms with Gasteiger partial charge in [-0.3, -0.25) is 19.2 Å². The number of alkyl carbamates (subject to hydrolysis) is 1. The molecule has 2 atom stereocenters. The third-order valence-corrected chi connectivity index (χ3v) is 4.52. The topological polar surface area (TPSA) is 177 Å². The van der Waals surface area contributed by atoms with E-state index >= 15 is 0 Å². The summed E-state index contributed by atoms with van der Waals surface area (Å²) >= 11 is 0. The fourth-order valence-corrected chi connectivity index (χ4v) is 3.15. The predicted molar refractivity (Wildman–Crippen MR) is 125 cm³/mol. The molecule has 5 N–H and O–H groups in total. The Morgan fingerprint density at radius 2 is 1.83 bits per heavy atom. The normalized spacial score (nSPS) is 12.6. The Morgan fingerprint density at radius 3 is 2.34 bits per heavy atom. The fraction of sp³-hybridized carbons (Fsp3) is 0.522. The number of methoxy groups -OCH3 is 1. The fourth-order valence-electron chi connectivity index (χ4n) is 3.15. The zero-order valence-electron chi connectivity index (χ0n) is 20.6.